The molecule has 8 N–H and O–H groups in total. The molecule has 0 bridgehead atoms. The van der Waals surface area contributed by atoms with Gasteiger partial charge in [0.15, 0.2) is 0 Å². The fourth-order valence-corrected chi connectivity index (χ4v) is 0.987. The lowest BCUT2D eigenvalue weighted by Gasteiger charge is -2.03. The molecule has 0 atom stereocenters. The standard InChI is InChI=1S/C8H7NO4.ClH.2H2O/c9-5-3-1-2-4(7(10)11)6(5)8(12)13;;;/h1-3H,9H2,(H,10,11)(H,12,13);1H;2*1H2. The van der Waals surface area contributed by atoms with E-state index >= 15 is 0 Å². The topological polar surface area (TPSA) is 164 Å². The van der Waals surface area contributed by atoms with Crippen LogP contribution in [0.15, 0.2) is 18.2 Å². The number of anilines is 1. The molecule has 0 aliphatic heterocycles. The lowest BCUT2D eigenvalue weighted by Crippen LogP contribution is -2.10. The van der Waals surface area contributed by atoms with Crippen molar-refractivity contribution in [2.75, 3.05) is 5.73 Å². The highest BCUT2D eigenvalue weighted by Gasteiger charge is 2.17. The second-order valence-corrected chi connectivity index (χ2v) is 2.38. The number of carboxylic acids is 2. The molecule has 8 heteroatoms. The number of hydrogen-bond acceptors (Lipinski definition) is 3. The second kappa shape index (κ2) is 7.46. The average molecular weight is 254 g/mol. The number of halogens is 1. The molecular weight excluding hydrogens is 242 g/mol. The van der Waals surface area contributed by atoms with E-state index in [1.165, 1.54) is 18.2 Å². The van der Waals surface area contributed by atoms with E-state index in [2.05, 4.69) is 0 Å². The van der Waals surface area contributed by atoms with Crippen molar-refractivity contribution >= 4 is 30.0 Å². The summed E-state index contributed by atoms with van der Waals surface area (Å²) in [5.74, 6) is -2.64. The van der Waals surface area contributed by atoms with E-state index in [4.69, 9.17) is 15.9 Å². The molecule has 0 aromatic heterocycles. The Hall–Kier alpha value is -1.83. The lowest BCUT2D eigenvalue weighted by molar-refractivity contribution is 0.0652. The maximum Gasteiger partial charge on any atom is 0.338 e. The van der Waals surface area contributed by atoms with Gasteiger partial charge in [0.25, 0.3) is 0 Å². The highest BCUT2D eigenvalue weighted by molar-refractivity contribution is 6.05. The van der Waals surface area contributed by atoms with Crippen LogP contribution in [0.3, 0.4) is 0 Å². The van der Waals surface area contributed by atoms with Gasteiger partial charge in [-0.15, -0.1) is 12.4 Å². The van der Waals surface area contributed by atoms with Gasteiger partial charge in [-0.1, -0.05) is 6.07 Å². The minimum absolute atomic E-state index is 0. The summed E-state index contributed by atoms with van der Waals surface area (Å²) in [6.07, 6.45) is 0. The van der Waals surface area contributed by atoms with E-state index < -0.39 is 11.9 Å². The maximum atomic E-state index is 10.6. The molecule has 0 aliphatic rings. The molecule has 0 saturated carbocycles. The van der Waals surface area contributed by atoms with Crippen molar-refractivity contribution in [3.8, 4) is 0 Å². The number of nitrogens with two attached hydrogens (primary N) is 1. The van der Waals surface area contributed by atoms with E-state index in [9.17, 15) is 9.59 Å². The quantitative estimate of drug-likeness (QED) is 0.600. The summed E-state index contributed by atoms with van der Waals surface area (Å²) in [5.41, 5.74) is 4.60. The first-order chi connectivity index (χ1) is 6.04. The van der Waals surface area contributed by atoms with Gasteiger partial charge >= 0.3 is 11.9 Å². The first-order valence-electron chi connectivity index (χ1n) is 3.39. The number of benzene rings is 1. The van der Waals surface area contributed by atoms with Crippen LogP contribution < -0.4 is 5.73 Å². The molecule has 1 aromatic carbocycles. The predicted molar refractivity (Wildman–Crippen MR) is 59.2 cm³/mol. The van der Waals surface area contributed by atoms with Crippen LogP contribution in [0.5, 0.6) is 0 Å². The summed E-state index contributed by atoms with van der Waals surface area (Å²) in [4.78, 5) is 21.2. The molecule has 0 spiro atoms. The molecule has 0 radical (unpaired) electrons. The van der Waals surface area contributed by atoms with E-state index in [0.717, 1.165) is 0 Å². The normalized spacial score (nSPS) is 7.75. The summed E-state index contributed by atoms with van der Waals surface area (Å²) < 4.78 is 0. The maximum absolute atomic E-state index is 10.6. The highest BCUT2D eigenvalue weighted by Crippen LogP contribution is 2.16. The Balaban J connectivity index is -0.000000563. The zero-order valence-corrected chi connectivity index (χ0v) is 8.75. The third kappa shape index (κ3) is 3.73. The van der Waals surface area contributed by atoms with E-state index in [0.29, 0.717) is 0 Å². The van der Waals surface area contributed by atoms with E-state index in [-0.39, 0.29) is 40.2 Å². The zero-order valence-electron chi connectivity index (χ0n) is 7.93. The predicted octanol–water partition coefficient (Wildman–Crippen LogP) is -0.562. The van der Waals surface area contributed by atoms with Crippen molar-refractivity contribution in [2.45, 2.75) is 0 Å². The van der Waals surface area contributed by atoms with Crippen molar-refractivity contribution in [1.29, 1.82) is 0 Å². The van der Waals surface area contributed by atoms with Crippen LogP contribution in [0, 0.1) is 0 Å². The van der Waals surface area contributed by atoms with Gasteiger partial charge < -0.3 is 26.9 Å². The third-order valence-corrected chi connectivity index (χ3v) is 1.54. The highest BCUT2D eigenvalue weighted by atomic mass is 35.5. The molecule has 92 valence electrons. The van der Waals surface area contributed by atoms with E-state index in [1.54, 1.807) is 0 Å². The van der Waals surface area contributed by atoms with Gasteiger partial charge in [0.1, 0.15) is 0 Å². The first-order valence-corrected chi connectivity index (χ1v) is 3.39. The molecule has 0 aliphatic carbocycles. The molecule has 16 heavy (non-hydrogen) atoms. The first kappa shape index (κ1) is 19.7. The summed E-state index contributed by atoms with van der Waals surface area (Å²) in [6.45, 7) is 0. The van der Waals surface area contributed by atoms with Crippen LogP contribution >= 0.6 is 12.4 Å². The zero-order chi connectivity index (χ0) is 10.0. The van der Waals surface area contributed by atoms with Crippen molar-refractivity contribution in [2.24, 2.45) is 0 Å². The van der Waals surface area contributed by atoms with Crippen LogP contribution in [0.4, 0.5) is 5.69 Å². The number of carbonyl (C=O) groups is 2. The Kier molecular flexibility index (Phi) is 9.18. The van der Waals surface area contributed by atoms with Gasteiger partial charge in [-0.2, -0.15) is 0 Å². The Bertz CT molecular complexity index is 381. The summed E-state index contributed by atoms with van der Waals surface area (Å²) >= 11 is 0. The smallest absolute Gasteiger partial charge is 0.338 e. The fraction of sp³-hybridized carbons (Fsp3) is 0. The van der Waals surface area contributed by atoms with Crippen molar-refractivity contribution in [3.63, 3.8) is 0 Å². The van der Waals surface area contributed by atoms with Crippen molar-refractivity contribution < 1.29 is 30.8 Å². The number of aromatic carboxylic acids is 2. The van der Waals surface area contributed by atoms with Crippen LogP contribution in [0.2, 0.25) is 0 Å². The fourth-order valence-electron chi connectivity index (χ4n) is 0.987. The molecule has 1 aromatic rings. The second-order valence-electron chi connectivity index (χ2n) is 2.38. The molecule has 0 saturated heterocycles. The summed E-state index contributed by atoms with van der Waals surface area (Å²) in [5, 5.41) is 17.3. The summed E-state index contributed by atoms with van der Waals surface area (Å²) in [7, 11) is 0. The van der Waals surface area contributed by atoms with Gasteiger partial charge in [-0.25, -0.2) is 9.59 Å². The van der Waals surface area contributed by atoms with Crippen molar-refractivity contribution in [3.05, 3.63) is 29.3 Å². The van der Waals surface area contributed by atoms with Crippen molar-refractivity contribution in [1.82, 2.24) is 0 Å². The Morgan fingerprint density at radius 1 is 1.06 bits per heavy atom. The van der Waals surface area contributed by atoms with Crippen LogP contribution in [0.1, 0.15) is 20.7 Å². The molecule has 0 amide bonds. The summed E-state index contributed by atoms with van der Waals surface area (Å²) in [6, 6.07) is 3.93. The molecule has 0 fully saturated rings. The molecule has 0 unspecified atom stereocenters. The number of rotatable bonds is 2. The number of carboxylic acid groups (broad SMARTS) is 2. The van der Waals surface area contributed by atoms with Crippen LogP contribution in [0.25, 0.3) is 0 Å². The number of hydrogen-bond donors (Lipinski definition) is 3. The molecule has 0 heterocycles. The van der Waals surface area contributed by atoms with Crippen LogP contribution in [-0.2, 0) is 0 Å². The van der Waals surface area contributed by atoms with Gasteiger partial charge in [0.2, 0.25) is 0 Å². The molecular formula is C8H12ClNO6. The largest absolute Gasteiger partial charge is 0.478 e. The Morgan fingerprint density at radius 3 is 1.88 bits per heavy atom. The molecule has 1 rings (SSSR count). The lowest BCUT2D eigenvalue weighted by atomic mass is 10.1. The SMILES string of the molecule is Cl.Nc1cccc(C(=O)O)c1C(=O)O.O.O. The van der Waals surface area contributed by atoms with Gasteiger partial charge in [0, 0.05) is 5.69 Å². The minimum atomic E-state index is -1.34. The third-order valence-electron chi connectivity index (χ3n) is 1.54. The Labute approximate surface area is 96.5 Å². The van der Waals surface area contributed by atoms with Gasteiger partial charge in [0.05, 0.1) is 11.1 Å². The average Bonchev–Trinajstić information content (AvgIpc) is 2.02. The Morgan fingerprint density at radius 2 is 1.56 bits per heavy atom. The minimum Gasteiger partial charge on any atom is -0.478 e. The van der Waals surface area contributed by atoms with E-state index in [1.807, 2.05) is 0 Å². The number of nitrogen functional groups attached to an aromatic ring is 1. The van der Waals surface area contributed by atoms with Gasteiger partial charge in [-0.05, 0) is 12.1 Å². The monoisotopic (exact) mass is 253 g/mol. The van der Waals surface area contributed by atoms with Crippen LogP contribution in [-0.4, -0.2) is 33.1 Å². The van der Waals surface area contributed by atoms with Gasteiger partial charge in [-0.3, -0.25) is 0 Å². The molecule has 7 nitrogen and oxygen atoms in total.